The van der Waals surface area contributed by atoms with Gasteiger partial charge in [-0.2, -0.15) is 0 Å². The molecule has 1 aromatic heterocycles. The Morgan fingerprint density at radius 1 is 1.25 bits per heavy atom. The molecular formula is C16H27N3O. The first-order valence-corrected chi connectivity index (χ1v) is 7.57. The van der Waals surface area contributed by atoms with Crippen molar-refractivity contribution in [2.75, 3.05) is 20.1 Å². The van der Waals surface area contributed by atoms with Gasteiger partial charge in [0.15, 0.2) is 0 Å². The van der Waals surface area contributed by atoms with Gasteiger partial charge in [0, 0.05) is 25.7 Å². The molecule has 0 aliphatic carbocycles. The van der Waals surface area contributed by atoms with Gasteiger partial charge in [-0.25, -0.2) is 0 Å². The highest BCUT2D eigenvalue weighted by atomic mass is 16.1. The fourth-order valence-corrected chi connectivity index (χ4v) is 2.06. The maximum Gasteiger partial charge on any atom is 0.219 e. The fourth-order valence-electron chi connectivity index (χ4n) is 2.06. The Kier molecular flexibility index (Phi) is 8.63. The molecule has 0 saturated carbocycles. The first-order chi connectivity index (χ1) is 9.72. The third-order valence-corrected chi connectivity index (χ3v) is 3.27. The zero-order valence-electron chi connectivity index (χ0n) is 12.8. The largest absolute Gasteiger partial charge is 0.356 e. The maximum absolute atomic E-state index is 11.0. The molecular weight excluding hydrogens is 250 g/mol. The smallest absolute Gasteiger partial charge is 0.219 e. The fraction of sp³-hybridized carbons (Fsp3) is 0.625. The average molecular weight is 277 g/mol. The summed E-state index contributed by atoms with van der Waals surface area (Å²) in [5.41, 5.74) is 1.12. The SMILES string of the molecule is CCC(=O)NCCCCCCN(C)Cc1ccccn1. The predicted molar refractivity (Wildman–Crippen MR) is 82.3 cm³/mol. The van der Waals surface area contributed by atoms with Gasteiger partial charge in [0.25, 0.3) is 0 Å². The van der Waals surface area contributed by atoms with Gasteiger partial charge in [0.1, 0.15) is 0 Å². The van der Waals surface area contributed by atoms with Crippen molar-refractivity contribution in [1.29, 1.82) is 0 Å². The van der Waals surface area contributed by atoms with Crippen molar-refractivity contribution >= 4 is 5.91 Å². The van der Waals surface area contributed by atoms with E-state index in [0.717, 1.165) is 31.7 Å². The van der Waals surface area contributed by atoms with Crippen molar-refractivity contribution in [2.24, 2.45) is 0 Å². The summed E-state index contributed by atoms with van der Waals surface area (Å²) in [6.07, 6.45) is 7.10. The minimum Gasteiger partial charge on any atom is -0.356 e. The highest BCUT2D eigenvalue weighted by molar-refractivity contribution is 5.75. The molecule has 20 heavy (non-hydrogen) atoms. The van der Waals surface area contributed by atoms with Crippen molar-refractivity contribution in [1.82, 2.24) is 15.2 Å². The van der Waals surface area contributed by atoms with E-state index in [1.54, 1.807) is 0 Å². The molecule has 1 amide bonds. The number of pyridine rings is 1. The Morgan fingerprint density at radius 2 is 2.05 bits per heavy atom. The number of rotatable bonds is 10. The lowest BCUT2D eigenvalue weighted by Crippen LogP contribution is -2.23. The summed E-state index contributed by atoms with van der Waals surface area (Å²) in [7, 11) is 2.14. The minimum absolute atomic E-state index is 0.153. The topological polar surface area (TPSA) is 45.2 Å². The van der Waals surface area contributed by atoms with E-state index in [1.165, 1.54) is 19.3 Å². The minimum atomic E-state index is 0.153. The highest BCUT2D eigenvalue weighted by Crippen LogP contribution is 2.03. The molecule has 0 spiro atoms. The lowest BCUT2D eigenvalue weighted by Gasteiger charge is -2.15. The van der Waals surface area contributed by atoms with Crippen LogP contribution in [0.3, 0.4) is 0 Å². The quantitative estimate of drug-likeness (QED) is 0.669. The van der Waals surface area contributed by atoms with Crippen LogP contribution in [-0.4, -0.2) is 35.9 Å². The van der Waals surface area contributed by atoms with Gasteiger partial charge in [-0.3, -0.25) is 9.78 Å². The zero-order valence-corrected chi connectivity index (χ0v) is 12.8. The van der Waals surface area contributed by atoms with E-state index in [0.29, 0.717) is 6.42 Å². The second kappa shape index (κ2) is 10.4. The Morgan fingerprint density at radius 3 is 2.75 bits per heavy atom. The molecule has 0 aliphatic rings. The standard InChI is InChI=1S/C16H27N3O/c1-3-16(20)18-12-7-4-5-9-13-19(2)14-15-10-6-8-11-17-15/h6,8,10-11H,3-5,7,9,12-14H2,1-2H3,(H,18,20). The van der Waals surface area contributed by atoms with Crippen molar-refractivity contribution in [3.63, 3.8) is 0 Å². The Balaban J connectivity index is 1.97. The van der Waals surface area contributed by atoms with Gasteiger partial charge in [0.2, 0.25) is 5.91 Å². The molecule has 0 fully saturated rings. The first kappa shape index (κ1) is 16.6. The van der Waals surface area contributed by atoms with Crippen molar-refractivity contribution < 1.29 is 4.79 Å². The van der Waals surface area contributed by atoms with E-state index >= 15 is 0 Å². The second-order valence-electron chi connectivity index (χ2n) is 5.18. The van der Waals surface area contributed by atoms with Crippen LogP contribution < -0.4 is 5.32 Å². The number of nitrogens with one attached hydrogen (secondary N) is 1. The van der Waals surface area contributed by atoms with Crippen LogP contribution in [0.1, 0.15) is 44.7 Å². The van der Waals surface area contributed by atoms with Crippen LogP contribution in [0.15, 0.2) is 24.4 Å². The van der Waals surface area contributed by atoms with E-state index in [-0.39, 0.29) is 5.91 Å². The molecule has 4 heteroatoms. The lowest BCUT2D eigenvalue weighted by molar-refractivity contribution is -0.120. The molecule has 0 aromatic carbocycles. The Hall–Kier alpha value is -1.42. The molecule has 0 unspecified atom stereocenters. The number of unbranched alkanes of at least 4 members (excludes halogenated alkanes) is 3. The molecule has 0 saturated heterocycles. The number of nitrogens with zero attached hydrogens (tertiary/aromatic N) is 2. The first-order valence-electron chi connectivity index (χ1n) is 7.57. The molecule has 0 bridgehead atoms. The monoisotopic (exact) mass is 277 g/mol. The molecule has 0 radical (unpaired) electrons. The lowest BCUT2D eigenvalue weighted by atomic mass is 10.2. The number of carbonyl (C=O) groups is 1. The van der Waals surface area contributed by atoms with Crippen LogP contribution >= 0.6 is 0 Å². The van der Waals surface area contributed by atoms with E-state index in [2.05, 4.69) is 28.3 Å². The van der Waals surface area contributed by atoms with Crippen LogP contribution in [0.4, 0.5) is 0 Å². The van der Waals surface area contributed by atoms with Crippen LogP contribution in [0.5, 0.6) is 0 Å². The molecule has 1 aromatic rings. The van der Waals surface area contributed by atoms with Crippen LogP contribution in [0, 0.1) is 0 Å². The van der Waals surface area contributed by atoms with Gasteiger partial charge in [-0.15, -0.1) is 0 Å². The van der Waals surface area contributed by atoms with E-state index < -0.39 is 0 Å². The van der Waals surface area contributed by atoms with Gasteiger partial charge in [0.05, 0.1) is 5.69 Å². The summed E-state index contributed by atoms with van der Waals surface area (Å²) >= 11 is 0. The van der Waals surface area contributed by atoms with Crippen molar-refractivity contribution in [3.8, 4) is 0 Å². The number of hydrogen-bond donors (Lipinski definition) is 1. The summed E-state index contributed by atoms with van der Waals surface area (Å²) in [6.45, 7) is 4.70. The number of amides is 1. The van der Waals surface area contributed by atoms with Gasteiger partial charge in [-0.1, -0.05) is 25.8 Å². The van der Waals surface area contributed by atoms with E-state index in [1.807, 2.05) is 25.3 Å². The number of aromatic nitrogens is 1. The van der Waals surface area contributed by atoms with Gasteiger partial charge in [-0.05, 0) is 38.6 Å². The molecule has 112 valence electrons. The molecule has 1 N–H and O–H groups in total. The molecule has 1 heterocycles. The summed E-state index contributed by atoms with van der Waals surface area (Å²) in [5.74, 6) is 0.153. The number of hydrogen-bond acceptors (Lipinski definition) is 3. The highest BCUT2D eigenvalue weighted by Gasteiger charge is 2.01. The maximum atomic E-state index is 11.0. The third kappa shape index (κ3) is 7.89. The molecule has 0 atom stereocenters. The van der Waals surface area contributed by atoms with Gasteiger partial charge < -0.3 is 10.2 Å². The molecule has 1 rings (SSSR count). The summed E-state index contributed by atoms with van der Waals surface area (Å²) < 4.78 is 0. The van der Waals surface area contributed by atoms with Crippen molar-refractivity contribution in [2.45, 2.75) is 45.6 Å². The third-order valence-electron chi connectivity index (χ3n) is 3.27. The zero-order chi connectivity index (χ0) is 14.6. The molecule has 4 nitrogen and oxygen atoms in total. The second-order valence-corrected chi connectivity index (χ2v) is 5.18. The van der Waals surface area contributed by atoms with E-state index in [4.69, 9.17) is 0 Å². The van der Waals surface area contributed by atoms with Crippen LogP contribution in [0.2, 0.25) is 0 Å². The summed E-state index contributed by atoms with van der Waals surface area (Å²) in [4.78, 5) is 17.7. The Bertz CT molecular complexity index is 367. The van der Waals surface area contributed by atoms with Crippen LogP contribution in [-0.2, 0) is 11.3 Å². The van der Waals surface area contributed by atoms with Crippen LogP contribution in [0.25, 0.3) is 0 Å². The van der Waals surface area contributed by atoms with E-state index in [9.17, 15) is 4.79 Å². The predicted octanol–water partition coefficient (Wildman–Crippen LogP) is 2.60. The number of carbonyl (C=O) groups excluding carboxylic acids is 1. The normalized spacial score (nSPS) is 10.8. The summed E-state index contributed by atoms with van der Waals surface area (Å²) in [6, 6.07) is 6.04. The summed E-state index contributed by atoms with van der Waals surface area (Å²) in [5, 5.41) is 2.91. The molecule has 0 aliphatic heterocycles. The Labute approximate surface area is 122 Å². The van der Waals surface area contributed by atoms with Gasteiger partial charge >= 0.3 is 0 Å². The van der Waals surface area contributed by atoms with Crippen molar-refractivity contribution in [3.05, 3.63) is 30.1 Å². The average Bonchev–Trinajstić information content (AvgIpc) is 2.47.